The maximum Gasteiger partial charge on any atom is 0.423 e. The number of aliphatic imine (C=N–C) groups is 2. The number of fused-ring (bicyclic) bond motifs is 1. The van der Waals surface area contributed by atoms with E-state index in [1.807, 2.05) is 0 Å². The van der Waals surface area contributed by atoms with Gasteiger partial charge in [-0.3, -0.25) is 10.1 Å². The van der Waals surface area contributed by atoms with Crippen LogP contribution in [0.25, 0.3) is 0 Å². The van der Waals surface area contributed by atoms with Gasteiger partial charge in [-0.1, -0.05) is 29.8 Å². The molecule has 2 heterocycles. The van der Waals surface area contributed by atoms with Gasteiger partial charge in [-0.15, -0.1) is 0 Å². The maximum atomic E-state index is 14.3. The molecule has 2 aromatic carbocycles. The Labute approximate surface area is 186 Å². The first-order valence-corrected chi connectivity index (χ1v) is 9.56. The number of benzene rings is 2. The Balaban J connectivity index is 2.05. The number of aryl methyl sites for hydroxylation is 1. The Kier molecular flexibility index (Phi) is 5.25. The van der Waals surface area contributed by atoms with E-state index < -0.39 is 53.2 Å². The summed E-state index contributed by atoms with van der Waals surface area (Å²) >= 11 is 0. The quantitative estimate of drug-likeness (QED) is 0.634. The van der Waals surface area contributed by atoms with E-state index in [9.17, 15) is 40.3 Å². The lowest BCUT2D eigenvalue weighted by atomic mass is 9.78. The molecule has 0 radical (unpaired) electrons. The van der Waals surface area contributed by atoms with Gasteiger partial charge in [0, 0.05) is 5.56 Å². The van der Waals surface area contributed by atoms with Gasteiger partial charge in [-0.25, -0.2) is 24.1 Å². The van der Waals surface area contributed by atoms with Gasteiger partial charge in [0.25, 0.3) is 5.54 Å². The second kappa shape index (κ2) is 7.64. The van der Waals surface area contributed by atoms with E-state index in [0.717, 1.165) is 24.3 Å². The molecule has 1 atom stereocenters. The SMILES string of the molecule is Cc1ccc(C2=NC(C(F)(F)F)(C(F)(F)F)C3C(=O)NC(=O)N(c4ccc(F)cc4)C3=N2)cc1. The van der Waals surface area contributed by atoms with Crippen LogP contribution in [0, 0.1) is 18.7 Å². The standard InChI is InChI=1S/C21H13F7N4O2/c1-10-2-4-11(5-3-10)15-29-16-14(19(31-15,20(23,24)25)21(26,27)28)17(33)30-18(34)32(16)13-8-6-12(22)7-9-13/h2-9,14H,1H3,(H,30,33,34). The molecule has 13 heteroatoms. The number of amidine groups is 2. The summed E-state index contributed by atoms with van der Waals surface area (Å²) in [4.78, 5) is 32.2. The molecule has 1 unspecified atom stereocenters. The fourth-order valence-electron chi connectivity index (χ4n) is 3.73. The molecule has 0 spiro atoms. The van der Waals surface area contributed by atoms with Crippen LogP contribution in [0.1, 0.15) is 11.1 Å². The number of carbonyl (C=O) groups excluding carboxylic acids is 2. The molecule has 2 aliphatic rings. The topological polar surface area (TPSA) is 74.1 Å². The van der Waals surface area contributed by atoms with Gasteiger partial charge in [0.05, 0.1) is 5.69 Å². The number of hydrogen-bond acceptors (Lipinski definition) is 4. The molecule has 34 heavy (non-hydrogen) atoms. The van der Waals surface area contributed by atoms with Crippen molar-refractivity contribution >= 4 is 29.3 Å². The van der Waals surface area contributed by atoms with Crippen molar-refractivity contribution in [2.45, 2.75) is 24.8 Å². The number of halogens is 7. The van der Waals surface area contributed by atoms with Crippen LogP contribution in [0.5, 0.6) is 0 Å². The Bertz CT molecular complexity index is 1200. The van der Waals surface area contributed by atoms with Gasteiger partial charge in [-0.05, 0) is 31.2 Å². The monoisotopic (exact) mass is 486 g/mol. The molecule has 3 amide bonds. The Morgan fingerprint density at radius 2 is 1.47 bits per heavy atom. The van der Waals surface area contributed by atoms with Crippen LogP contribution in [-0.4, -0.2) is 41.5 Å². The minimum Gasteiger partial charge on any atom is -0.277 e. The highest BCUT2D eigenvalue weighted by atomic mass is 19.4. The van der Waals surface area contributed by atoms with Crippen LogP contribution in [0.15, 0.2) is 58.5 Å². The van der Waals surface area contributed by atoms with E-state index in [2.05, 4.69) is 9.98 Å². The number of amides is 3. The van der Waals surface area contributed by atoms with Gasteiger partial charge in [0.2, 0.25) is 5.91 Å². The summed E-state index contributed by atoms with van der Waals surface area (Å²) in [5.74, 6) is -7.84. The summed E-state index contributed by atoms with van der Waals surface area (Å²) in [7, 11) is 0. The number of rotatable bonds is 2. The Morgan fingerprint density at radius 3 is 2.00 bits per heavy atom. The van der Waals surface area contributed by atoms with Gasteiger partial charge < -0.3 is 0 Å². The highest BCUT2D eigenvalue weighted by molar-refractivity contribution is 6.33. The van der Waals surface area contributed by atoms with Crippen molar-refractivity contribution in [1.29, 1.82) is 0 Å². The first kappa shape index (κ1) is 23.4. The molecule has 0 aromatic heterocycles. The number of urea groups is 1. The van der Waals surface area contributed by atoms with Crippen molar-refractivity contribution in [2.24, 2.45) is 15.9 Å². The van der Waals surface area contributed by atoms with E-state index in [-0.39, 0.29) is 11.3 Å². The minimum absolute atomic E-state index is 0.202. The number of anilines is 1. The van der Waals surface area contributed by atoms with Crippen LogP contribution in [0.4, 0.5) is 41.2 Å². The molecule has 0 aliphatic carbocycles. The lowest BCUT2D eigenvalue weighted by Crippen LogP contribution is -2.73. The average Bonchev–Trinajstić information content (AvgIpc) is 2.73. The molecule has 1 fully saturated rings. The summed E-state index contributed by atoms with van der Waals surface area (Å²) in [6.07, 6.45) is -12.2. The number of hydrogen-bond donors (Lipinski definition) is 1. The van der Waals surface area contributed by atoms with Crippen LogP contribution >= 0.6 is 0 Å². The van der Waals surface area contributed by atoms with Crippen LogP contribution in [0.2, 0.25) is 0 Å². The number of nitrogens with one attached hydrogen (secondary N) is 1. The van der Waals surface area contributed by atoms with E-state index in [4.69, 9.17) is 0 Å². The first-order chi connectivity index (χ1) is 15.8. The molecule has 1 N–H and O–H groups in total. The normalized spacial score (nSPS) is 20.4. The van der Waals surface area contributed by atoms with Gasteiger partial charge in [0.15, 0.2) is 5.84 Å². The zero-order valence-corrected chi connectivity index (χ0v) is 17.0. The van der Waals surface area contributed by atoms with Crippen molar-refractivity contribution in [3.63, 3.8) is 0 Å². The Morgan fingerprint density at radius 1 is 0.912 bits per heavy atom. The van der Waals surface area contributed by atoms with E-state index >= 15 is 0 Å². The summed E-state index contributed by atoms with van der Waals surface area (Å²) in [5, 5.41) is 1.51. The van der Waals surface area contributed by atoms with Crippen LogP contribution in [0.3, 0.4) is 0 Å². The van der Waals surface area contributed by atoms with Crippen LogP contribution in [-0.2, 0) is 4.79 Å². The zero-order valence-electron chi connectivity index (χ0n) is 17.0. The highest BCUT2D eigenvalue weighted by Gasteiger charge is 2.79. The van der Waals surface area contributed by atoms with E-state index in [1.54, 1.807) is 6.92 Å². The van der Waals surface area contributed by atoms with Crippen molar-refractivity contribution in [1.82, 2.24) is 5.32 Å². The smallest absolute Gasteiger partial charge is 0.277 e. The lowest BCUT2D eigenvalue weighted by molar-refractivity contribution is -0.302. The molecule has 0 bridgehead atoms. The summed E-state index contributed by atoms with van der Waals surface area (Å²) < 4.78 is 98.9. The fourth-order valence-corrected chi connectivity index (χ4v) is 3.73. The molecule has 2 aromatic rings. The summed E-state index contributed by atoms with van der Waals surface area (Å²) in [5.41, 5.74) is -4.80. The number of imide groups is 1. The number of nitrogens with zero attached hydrogens (tertiary/aromatic N) is 3. The van der Waals surface area contributed by atoms with Crippen molar-refractivity contribution in [3.05, 3.63) is 65.5 Å². The zero-order chi connectivity index (χ0) is 25.1. The highest BCUT2D eigenvalue weighted by Crippen LogP contribution is 2.53. The van der Waals surface area contributed by atoms with E-state index in [1.165, 1.54) is 29.6 Å². The van der Waals surface area contributed by atoms with Gasteiger partial charge in [0.1, 0.15) is 17.6 Å². The maximum absolute atomic E-state index is 14.3. The average molecular weight is 486 g/mol. The molecular weight excluding hydrogens is 473 g/mol. The second-order valence-corrected chi connectivity index (χ2v) is 7.57. The number of carbonyl (C=O) groups is 2. The summed E-state index contributed by atoms with van der Waals surface area (Å²) in [6, 6.07) is 7.49. The van der Waals surface area contributed by atoms with Crippen LogP contribution < -0.4 is 10.2 Å². The third kappa shape index (κ3) is 3.51. The molecule has 2 aliphatic heterocycles. The predicted octanol–water partition coefficient (Wildman–Crippen LogP) is 4.53. The molecule has 1 saturated heterocycles. The molecule has 4 rings (SSSR count). The molecule has 0 saturated carbocycles. The predicted molar refractivity (Wildman–Crippen MR) is 106 cm³/mol. The lowest BCUT2D eigenvalue weighted by Gasteiger charge is -2.45. The largest absolute Gasteiger partial charge is 0.423 e. The van der Waals surface area contributed by atoms with Crippen molar-refractivity contribution in [3.8, 4) is 0 Å². The third-order valence-electron chi connectivity index (χ3n) is 5.36. The first-order valence-electron chi connectivity index (χ1n) is 9.56. The fraction of sp³-hybridized carbons (Fsp3) is 0.238. The minimum atomic E-state index is -6.11. The third-order valence-corrected chi connectivity index (χ3v) is 5.36. The molecule has 6 nitrogen and oxygen atoms in total. The summed E-state index contributed by atoms with van der Waals surface area (Å²) in [6.45, 7) is 1.64. The van der Waals surface area contributed by atoms with E-state index in [0.29, 0.717) is 10.5 Å². The number of alkyl halides is 6. The van der Waals surface area contributed by atoms with Crippen molar-refractivity contribution < 1.29 is 40.3 Å². The van der Waals surface area contributed by atoms with Gasteiger partial charge >= 0.3 is 18.4 Å². The Hall–Kier alpha value is -3.77. The molecule has 178 valence electrons. The second-order valence-electron chi connectivity index (χ2n) is 7.57. The van der Waals surface area contributed by atoms with Crippen molar-refractivity contribution in [2.75, 3.05) is 4.90 Å². The van der Waals surface area contributed by atoms with Gasteiger partial charge in [-0.2, -0.15) is 26.3 Å². The molecular formula is C21H13F7N4O2.